The monoisotopic (exact) mass is 433 g/mol. The Kier molecular flexibility index (Phi) is 5.43. The fourth-order valence-electron chi connectivity index (χ4n) is 3.30. The summed E-state index contributed by atoms with van der Waals surface area (Å²) in [5, 5.41) is 4.54. The molecule has 7 nitrogen and oxygen atoms in total. The zero-order valence-corrected chi connectivity index (χ0v) is 18.1. The van der Waals surface area contributed by atoms with Gasteiger partial charge in [-0.05, 0) is 55.8 Å². The summed E-state index contributed by atoms with van der Waals surface area (Å²) in [6.45, 7) is 6.45. The van der Waals surface area contributed by atoms with Gasteiger partial charge in [0.05, 0.1) is 11.1 Å². The number of hydrogen-bond donors (Lipinski definition) is 2. The number of benzene rings is 2. The van der Waals surface area contributed by atoms with Crippen LogP contribution in [0.3, 0.4) is 0 Å². The average Bonchev–Trinajstić information content (AvgIpc) is 2.81. The number of nitrogens with zero attached hydrogens (tertiary/aromatic N) is 1. The summed E-state index contributed by atoms with van der Waals surface area (Å²) in [4.78, 5) is 38.4. The van der Waals surface area contributed by atoms with Gasteiger partial charge in [-0.3, -0.25) is 9.69 Å². The number of hydrogen-bond acceptors (Lipinski definition) is 4. The van der Waals surface area contributed by atoms with Gasteiger partial charge in [0.25, 0.3) is 0 Å². The van der Waals surface area contributed by atoms with Gasteiger partial charge in [-0.15, -0.1) is 0 Å². The van der Waals surface area contributed by atoms with E-state index in [9.17, 15) is 19.0 Å². The Hall–Kier alpha value is -2.47. The molecule has 152 valence electrons. The van der Waals surface area contributed by atoms with Gasteiger partial charge in [0.2, 0.25) is 11.2 Å². The number of halogens is 1. The van der Waals surface area contributed by atoms with Gasteiger partial charge in [-0.25, -0.2) is 4.79 Å². The molecule has 2 aromatic rings. The molecule has 0 aliphatic carbocycles. The number of anilines is 3. The van der Waals surface area contributed by atoms with Gasteiger partial charge < -0.3 is 15.5 Å². The summed E-state index contributed by atoms with van der Waals surface area (Å²) in [7, 11) is -2.89. The smallest absolute Gasteiger partial charge is 0.337 e. The maximum absolute atomic E-state index is 13.0. The zero-order chi connectivity index (χ0) is 21.6. The largest absolute Gasteiger partial charge is 0.594 e. The number of amides is 3. The fraction of sp³-hybridized carbons (Fsp3) is 0.300. The Balaban J connectivity index is 1.89. The second-order valence-electron chi connectivity index (χ2n) is 7.84. The summed E-state index contributed by atoms with van der Waals surface area (Å²) >= 11 is 5.92. The summed E-state index contributed by atoms with van der Waals surface area (Å²) in [5.74, 6) is -0.308. The van der Waals surface area contributed by atoms with Gasteiger partial charge >= 0.3 is 14.1 Å². The first-order valence-electron chi connectivity index (χ1n) is 8.92. The molecule has 3 rings (SSSR count). The van der Waals surface area contributed by atoms with Crippen molar-refractivity contribution in [3.05, 3.63) is 53.1 Å². The first-order valence-corrected chi connectivity index (χ1v) is 10.5. The Morgan fingerprint density at radius 3 is 2.34 bits per heavy atom. The van der Waals surface area contributed by atoms with Crippen LogP contribution in [0.5, 0.6) is 0 Å². The molecule has 9 heteroatoms. The normalized spacial score (nSPS) is 15.7. The van der Waals surface area contributed by atoms with Crippen LogP contribution in [0.1, 0.15) is 33.3 Å². The molecule has 2 N–H and O–H groups in total. The molecule has 2 aromatic carbocycles. The number of rotatable bonds is 4. The molecule has 1 unspecified atom stereocenters. The molecule has 0 saturated heterocycles. The molecule has 0 radical (unpaired) electrons. The van der Waals surface area contributed by atoms with Crippen LogP contribution in [0, 0.1) is 0 Å². The van der Waals surface area contributed by atoms with Gasteiger partial charge in [0, 0.05) is 30.2 Å². The lowest BCUT2D eigenvalue weighted by molar-refractivity contribution is -0.169. The van der Waals surface area contributed by atoms with Crippen LogP contribution in [-0.2, 0) is 14.8 Å². The van der Waals surface area contributed by atoms with Crippen molar-refractivity contribution in [2.45, 2.75) is 38.4 Å². The predicted octanol–water partition coefficient (Wildman–Crippen LogP) is 4.45. The van der Waals surface area contributed by atoms with E-state index in [1.165, 1.54) is 18.7 Å². The van der Waals surface area contributed by atoms with Crippen molar-refractivity contribution in [3.8, 4) is 0 Å². The Bertz CT molecular complexity index is 1020. The fourth-order valence-corrected chi connectivity index (χ4v) is 3.85. The standard InChI is InChI=1S/C20H21ClN3O4P/c1-19(2)15-11-14(23-18(26)22-13-7-5-6-12(21)10-13)8-9-16(15)24(17(19)25)20(3,4)29(27)28/h5-11H,1-4H3,(H2,22,23,26). The van der Waals surface area contributed by atoms with E-state index in [0.29, 0.717) is 27.6 Å². The van der Waals surface area contributed by atoms with Crippen LogP contribution in [0.25, 0.3) is 0 Å². The lowest BCUT2D eigenvalue weighted by Crippen LogP contribution is -2.48. The first kappa shape index (κ1) is 21.2. The maximum Gasteiger partial charge on any atom is 0.337 e. The molecule has 0 fully saturated rings. The third kappa shape index (κ3) is 3.86. The van der Waals surface area contributed by atoms with Crippen molar-refractivity contribution in [2.75, 3.05) is 15.5 Å². The summed E-state index contributed by atoms with van der Waals surface area (Å²) in [6.07, 6.45) is 0. The van der Waals surface area contributed by atoms with Gasteiger partial charge in [-0.2, -0.15) is 0 Å². The van der Waals surface area contributed by atoms with Gasteiger partial charge in [0.1, 0.15) is 0 Å². The highest BCUT2D eigenvalue weighted by molar-refractivity contribution is 7.38. The van der Waals surface area contributed by atoms with Crippen LogP contribution in [-0.4, -0.2) is 17.2 Å². The van der Waals surface area contributed by atoms with E-state index in [1.807, 2.05) is 0 Å². The van der Waals surface area contributed by atoms with Crippen molar-refractivity contribution in [2.24, 2.45) is 0 Å². The van der Waals surface area contributed by atoms with Crippen molar-refractivity contribution in [1.29, 1.82) is 0 Å². The van der Waals surface area contributed by atoms with Crippen molar-refractivity contribution in [1.82, 2.24) is 0 Å². The topological polar surface area (TPSA) is 102 Å². The van der Waals surface area contributed by atoms with Crippen molar-refractivity contribution >= 4 is 48.6 Å². The van der Waals surface area contributed by atoms with E-state index in [4.69, 9.17) is 11.6 Å². The first-order chi connectivity index (χ1) is 13.4. The van der Waals surface area contributed by atoms with Crippen LogP contribution >= 0.6 is 19.6 Å². The minimum absolute atomic E-state index is 0.308. The summed E-state index contributed by atoms with van der Waals surface area (Å²) in [6, 6.07) is 11.3. The molecule has 0 spiro atoms. The molecule has 1 aliphatic heterocycles. The second-order valence-corrected chi connectivity index (χ2v) is 9.88. The van der Waals surface area contributed by atoms with Crippen molar-refractivity contribution in [3.63, 3.8) is 0 Å². The lowest BCUT2D eigenvalue weighted by atomic mass is 9.86. The molecule has 0 aromatic heterocycles. The second kappa shape index (κ2) is 7.41. The van der Waals surface area contributed by atoms with E-state index in [2.05, 4.69) is 10.6 Å². The van der Waals surface area contributed by atoms with E-state index in [-0.39, 0.29) is 5.91 Å². The average molecular weight is 434 g/mol. The SMILES string of the molecule is CC1(C)C(=O)N(C(C)(C)[P+](=O)[O-])c2ccc(NC(=O)Nc3cccc(Cl)c3)cc21. The van der Waals surface area contributed by atoms with Gasteiger partial charge in [-0.1, -0.05) is 22.2 Å². The van der Waals surface area contributed by atoms with Crippen molar-refractivity contribution < 1.29 is 19.0 Å². The third-order valence-corrected chi connectivity index (χ3v) is 6.31. The molecule has 29 heavy (non-hydrogen) atoms. The number of carbonyl (C=O) groups is 2. The number of urea groups is 1. The van der Waals surface area contributed by atoms with Crippen LogP contribution < -0.4 is 20.4 Å². The minimum atomic E-state index is -2.89. The molecular weight excluding hydrogens is 413 g/mol. The Morgan fingerprint density at radius 1 is 1.14 bits per heavy atom. The molecule has 3 amide bonds. The predicted molar refractivity (Wildman–Crippen MR) is 113 cm³/mol. The van der Waals surface area contributed by atoms with E-state index in [0.717, 1.165) is 0 Å². The number of nitrogens with one attached hydrogen (secondary N) is 2. The molecule has 0 bridgehead atoms. The highest BCUT2D eigenvalue weighted by Gasteiger charge is 2.54. The van der Waals surface area contributed by atoms with E-state index in [1.54, 1.807) is 56.3 Å². The zero-order valence-electron chi connectivity index (χ0n) is 16.4. The lowest BCUT2D eigenvalue weighted by Gasteiger charge is -2.29. The highest BCUT2D eigenvalue weighted by atomic mass is 35.5. The minimum Gasteiger partial charge on any atom is -0.594 e. The summed E-state index contributed by atoms with van der Waals surface area (Å²) < 4.78 is 11.8. The van der Waals surface area contributed by atoms with E-state index >= 15 is 0 Å². The molecule has 1 atom stereocenters. The highest BCUT2D eigenvalue weighted by Crippen LogP contribution is 2.49. The van der Waals surface area contributed by atoms with Gasteiger partial charge in [0.15, 0.2) is 0 Å². The molecule has 1 heterocycles. The number of fused-ring (bicyclic) bond motifs is 1. The molecule has 0 saturated carbocycles. The third-order valence-electron chi connectivity index (χ3n) is 4.98. The number of carbonyl (C=O) groups excluding carboxylic acids is 2. The quantitative estimate of drug-likeness (QED) is 0.695. The molecule has 1 aliphatic rings. The Morgan fingerprint density at radius 2 is 1.76 bits per heavy atom. The summed E-state index contributed by atoms with van der Waals surface area (Å²) in [5.41, 5.74) is 1.26. The Labute approximate surface area is 174 Å². The maximum atomic E-state index is 13.0. The van der Waals surface area contributed by atoms with Crippen LogP contribution in [0.15, 0.2) is 42.5 Å². The van der Waals surface area contributed by atoms with Crippen LogP contribution in [0.4, 0.5) is 21.9 Å². The molecular formula is C20H21ClN3O4P. The van der Waals surface area contributed by atoms with Crippen LogP contribution in [0.2, 0.25) is 5.02 Å². The van der Waals surface area contributed by atoms with E-state index < -0.39 is 24.8 Å².